The fourth-order valence-electron chi connectivity index (χ4n) is 7.48. The molecule has 0 N–H and O–H groups in total. The summed E-state index contributed by atoms with van der Waals surface area (Å²) in [5, 5.41) is 0. The van der Waals surface area contributed by atoms with Crippen LogP contribution in [0.3, 0.4) is 0 Å². The Morgan fingerprint density at radius 1 is 1.08 bits per heavy atom. The number of nitrogens with zero attached hydrogens (tertiary/aromatic N) is 6. The molecule has 3 aromatic rings. The number of alkyl halides is 3. The van der Waals surface area contributed by atoms with Gasteiger partial charge in [-0.1, -0.05) is 36.9 Å². The molecule has 50 heavy (non-hydrogen) atoms. The maximum Gasteiger partial charge on any atom is 0.416 e. The summed E-state index contributed by atoms with van der Waals surface area (Å²) in [5.74, 6) is -2.61. The Balaban J connectivity index is 1.31. The zero-order chi connectivity index (χ0) is 36.1. The molecule has 0 aliphatic carbocycles. The van der Waals surface area contributed by atoms with Crippen LogP contribution in [0.5, 0.6) is 0 Å². The fraction of sp³-hybridized carbons (Fsp3) is 0.405. The quantitative estimate of drug-likeness (QED) is 0.233. The normalized spacial score (nSPS) is 21.0. The number of likely N-dealkylation sites (tertiary alicyclic amines) is 1. The Labute approximate surface area is 288 Å². The van der Waals surface area contributed by atoms with E-state index < -0.39 is 41.3 Å². The number of halogens is 4. The van der Waals surface area contributed by atoms with E-state index in [0.29, 0.717) is 18.7 Å². The number of para-hydroxylation sites is 1. The van der Waals surface area contributed by atoms with Gasteiger partial charge in [0.05, 0.1) is 23.0 Å². The zero-order valence-corrected chi connectivity index (χ0v) is 28.5. The third-order valence-electron chi connectivity index (χ3n) is 9.69. The predicted octanol–water partition coefficient (Wildman–Crippen LogP) is 5.73. The lowest BCUT2D eigenvalue weighted by atomic mass is 9.95. The van der Waals surface area contributed by atoms with Crippen molar-refractivity contribution in [3.8, 4) is 0 Å². The molecular weight excluding hydrogens is 652 g/mol. The zero-order valence-electron chi connectivity index (χ0n) is 28.5. The topological polar surface area (TPSA) is 80.3 Å². The molecule has 3 amide bonds. The lowest BCUT2D eigenvalue weighted by Crippen LogP contribution is -2.52. The molecule has 0 unspecified atom stereocenters. The molecule has 3 atom stereocenters. The number of benzene rings is 2. The van der Waals surface area contributed by atoms with Crippen LogP contribution in [-0.2, 0) is 27.1 Å². The van der Waals surface area contributed by atoms with E-state index in [1.807, 2.05) is 48.2 Å². The van der Waals surface area contributed by atoms with Gasteiger partial charge in [0.2, 0.25) is 11.8 Å². The first-order chi connectivity index (χ1) is 23.6. The van der Waals surface area contributed by atoms with Crippen molar-refractivity contribution in [2.75, 3.05) is 55.5 Å². The van der Waals surface area contributed by atoms with Crippen LogP contribution in [0, 0.1) is 18.7 Å². The highest BCUT2D eigenvalue weighted by molar-refractivity contribution is 6.10. The van der Waals surface area contributed by atoms with Crippen LogP contribution in [0.1, 0.15) is 47.7 Å². The Morgan fingerprint density at radius 2 is 1.80 bits per heavy atom. The van der Waals surface area contributed by atoms with E-state index in [0.717, 1.165) is 41.0 Å². The number of aryl methyl sites for hydroxylation is 1. The summed E-state index contributed by atoms with van der Waals surface area (Å²) in [6.45, 7) is 6.81. The van der Waals surface area contributed by atoms with Gasteiger partial charge in [0.25, 0.3) is 5.91 Å². The average Bonchev–Trinajstić information content (AvgIpc) is 3.66. The standard InChI is InChI=1S/C37H40F4N6O3/c1-22(19-43(3)4)35(49)46-15-7-10-29(46)25-13-11-24(12-14-25)20-45-21-26-17-32(48)47(31-18-27(37(39,40)41)16-23(2)42-31)33(26)36(50)44(5)30-9-6-8-28(38)34(30)45/h6,8-9,11-14,16,18,26,29,33H,1,7,10,15,17,19-21H2,2-5H3/t26-,29-,33+/m1/s1. The molecule has 13 heteroatoms. The van der Waals surface area contributed by atoms with Crippen LogP contribution >= 0.6 is 0 Å². The Bertz CT molecular complexity index is 1830. The summed E-state index contributed by atoms with van der Waals surface area (Å²) >= 11 is 0. The molecule has 2 aromatic carbocycles. The van der Waals surface area contributed by atoms with Gasteiger partial charge in [0, 0.05) is 56.8 Å². The summed E-state index contributed by atoms with van der Waals surface area (Å²) < 4.78 is 57.0. The Hall–Kier alpha value is -4.78. The number of anilines is 3. The number of hydrogen-bond donors (Lipinski definition) is 0. The summed E-state index contributed by atoms with van der Waals surface area (Å²) in [7, 11) is 5.25. The molecule has 2 saturated heterocycles. The smallest absolute Gasteiger partial charge is 0.363 e. The van der Waals surface area contributed by atoms with E-state index in [9.17, 15) is 27.6 Å². The number of carbonyl (C=O) groups is 3. The van der Waals surface area contributed by atoms with Crippen LogP contribution in [-0.4, -0.2) is 79.3 Å². The molecular formula is C37H40F4N6O3. The molecule has 0 radical (unpaired) electrons. The molecule has 6 rings (SSSR count). The monoisotopic (exact) mass is 692 g/mol. The maximum atomic E-state index is 15.7. The third kappa shape index (κ3) is 6.70. The van der Waals surface area contributed by atoms with Crippen molar-refractivity contribution in [3.05, 3.63) is 95.0 Å². The molecule has 2 fully saturated rings. The minimum Gasteiger partial charge on any atom is -0.363 e. The second kappa shape index (κ2) is 13.5. The van der Waals surface area contributed by atoms with Gasteiger partial charge in [0.15, 0.2) is 0 Å². The second-order valence-electron chi connectivity index (χ2n) is 13.7. The van der Waals surface area contributed by atoms with Crippen LogP contribution in [0.2, 0.25) is 0 Å². The van der Waals surface area contributed by atoms with E-state index >= 15 is 4.39 Å². The number of aromatic nitrogens is 1. The highest BCUT2D eigenvalue weighted by atomic mass is 19.4. The largest absolute Gasteiger partial charge is 0.416 e. The first-order valence-corrected chi connectivity index (χ1v) is 16.5. The number of carbonyl (C=O) groups excluding carboxylic acids is 3. The van der Waals surface area contributed by atoms with Gasteiger partial charge < -0.3 is 19.6 Å². The number of hydrogen-bond acceptors (Lipinski definition) is 6. The number of amides is 3. The van der Waals surface area contributed by atoms with E-state index in [4.69, 9.17) is 0 Å². The molecule has 9 nitrogen and oxygen atoms in total. The van der Waals surface area contributed by atoms with Crippen molar-refractivity contribution in [3.63, 3.8) is 0 Å². The van der Waals surface area contributed by atoms with Gasteiger partial charge in [-0.25, -0.2) is 9.37 Å². The lowest BCUT2D eigenvalue weighted by Gasteiger charge is -2.39. The van der Waals surface area contributed by atoms with Gasteiger partial charge in [-0.15, -0.1) is 0 Å². The van der Waals surface area contributed by atoms with Crippen molar-refractivity contribution in [2.24, 2.45) is 5.92 Å². The highest BCUT2D eigenvalue weighted by Crippen LogP contribution is 2.42. The number of pyridine rings is 1. The van der Waals surface area contributed by atoms with Crippen LogP contribution in [0.15, 0.2) is 66.7 Å². The van der Waals surface area contributed by atoms with Gasteiger partial charge in [-0.05, 0) is 69.3 Å². The van der Waals surface area contributed by atoms with Gasteiger partial charge in [0.1, 0.15) is 17.7 Å². The Kier molecular flexibility index (Phi) is 9.47. The summed E-state index contributed by atoms with van der Waals surface area (Å²) in [5.41, 5.74) is 1.89. The number of fused-ring (bicyclic) bond motifs is 2. The van der Waals surface area contributed by atoms with Gasteiger partial charge >= 0.3 is 6.18 Å². The van der Waals surface area contributed by atoms with Gasteiger partial charge in [-0.3, -0.25) is 19.3 Å². The van der Waals surface area contributed by atoms with E-state index in [1.165, 1.54) is 31.0 Å². The van der Waals surface area contributed by atoms with Crippen molar-refractivity contribution in [2.45, 2.75) is 51.0 Å². The summed E-state index contributed by atoms with van der Waals surface area (Å²) in [4.78, 5) is 52.9. The minimum atomic E-state index is -4.68. The average molecular weight is 693 g/mol. The molecule has 4 heterocycles. The van der Waals surface area contributed by atoms with E-state index in [1.54, 1.807) is 11.0 Å². The lowest BCUT2D eigenvalue weighted by molar-refractivity contribution is -0.137. The van der Waals surface area contributed by atoms with E-state index in [2.05, 4.69) is 11.6 Å². The second-order valence-corrected chi connectivity index (χ2v) is 13.7. The maximum absolute atomic E-state index is 15.7. The van der Waals surface area contributed by atoms with Crippen LogP contribution in [0.4, 0.5) is 34.8 Å². The number of rotatable bonds is 7. The molecule has 0 spiro atoms. The molecule has 1 aromatic heterocycles. The van der Waals surface area contributed by atoms with Gasteiger partial charge in [-0.2, -0.15) is 13.2 Å². The van der Waals surface area contributed by atoms with E-state index in [-0.39, 0.29) is 54.3 Å². The highest BCUT2D eigenvalue weighted by Gasteiger charge is 2.49. The first-order valence-electron chi connectivity index (χ1n) is 16.5. The third-order valence-corrected chi connectivity index (χ3v) is 9.69. The SMILES string of the molecule is C=C(CN(C)C)C(=O)N1CCC[C@@H]1c1ccc(CN2C[C@H]3CC(=O)N(c4cc(C(F)(F)F)cc(C)n4)[C@@H]3C(=O)N(C)c3cccc(F)c32)cc1. The summed E-state index contributed by atoms with van der Waals surface area (Å²) in [6, 6.07) is 12.6. The van der Waals surface area contributed by atoms with Crippen molar-refractivity contribution in [1.29, 1.82) is 0 Å². The molecule has 3 aliphatic rings. The minimum absolute atomic E-state index is 0.0544. The first kappa shape index (κ1) is 35.1. The summed E-state index contributed by atoms with van der Waals surface area (Å²) in [6.07, 6.45) is -3.12. The van der Waals surface area contributed by atoms with Crippen LogP contribution in [0.25, 0.3) is 0 Å². The van der Waals surface area contributed by atoms with Crippen molar-refractivity contribution in [1.82, 2.24) is 14.8 Å². The van der Waals surface area contributed by atoms with Crippen molar-refractivity contribution >= 4 is 34.9 Å². The Morgan fingerprint density at radius 3 is 2.48 bits per heavy atom. The predicted molar refractivity (Wildman–Crippen MR) is 182 cm³/mol. The fourth-order valence-corrected chi connectivity index (χ4v) is 7.48. The molecule has 3 aliphatic heterocycles. The molecule has 0 saturated carbocycles. The van der Waals surface area contributed by atoms with Crippen molar-refractivity contribution < 1.29 is 31.9 Å². The molecule has 0 bridgehead atoms. The number of likely N-dealkylation sites (N-methyl/N-ethyl adjacent to an activating group) is 2. The molecule has 264 valence electrons. The van der Waals surface area contributed by atoms with Crippen LogP contribution < -0.4 is 14.7 Å².